The molecular formula is C9H8Cl2N4S. The Bertz CT molecular complexity index is 480. The second-order valence-electron chi connectivity index (χ2n) is 3.07. The first-order valence-electron chi connectivity index (χ1n) is 4.46. The Hall–Kier alpha value is -0.780. The normalized spacial score (nSPS) is 10.7. The maximum absolute atomic E-state index is 6.05. The van der Waals surface area contributed by atoms with Gasteiger partial charge in [0.05, 0.1) is 0 Å². The highest BCUT2D eigenvalue weighted by molar-refractivity contribution is 7.98. The van der Waals surface area contributed by atoms with Crippen LogP contribution in [0.2, 0.25) is 10.0 Å². The Labute approximate surface area is 107 Å². The fraction of sp³-hybridized carbons (Fsp3) is 0.222. The number of tetrazole rings is 1. The maximum atomic E-state index is 6.05. The highest BCUT2D eigenvalue weighted by Crippen LogP contribution is 2.30. The van der Waals surface area contributed by atoms with E-state index in [-0.39, 0.29) is 0 Å². The molecule has 0 spiro atoms. The Balaban J connectivity index is 2.14. The third-order valence-electron chi connectivity index (χ3n) is 1.99. The van der Waals surface area contributed by atoms with Crippen LogP contribution in [0.25, 0.3) is 0 Å². The van der Waals surface area contributed by atoms with Crippen LogP contribution in [0.15, 0.2) is 23.4 Å². The first kappa shape index (κ1) is 11.7. The van der Waals surface area contributed by atoms with Gasteiger partial charge in [0.1, 0.15) is 0 Å². The Kier molecular flexibility index (Phi) is 3.68. The lowest BCUT2D eigenvalue weighted by atomic mass is 10.2. The van der Waals surface area contributed by atoms with E-state index < -0.39 is 0 Å². The van der Waals surface area contributed by atoms with Crippen molar-refractivity contribution in [2.24, 2.45) is 7.05 Å². The fourth-order valence-electron chi connectivity index (χ4n) is 1.15. The van der Waals surface area contributed by atoms with Crippen LogP contribution in [-0.2, 0) is 12.8 Å². The van der Waals surface area contributed by atoms with Crippen LogP contribution >= 0.6 is 35.0 Å². The first-order valence-corrected chi connectivity index (χ1v) is 6.20. The lowest BCUT2D eigenvalue weighted by Gasteiger charge is -2.05. The molecule has 84 valence electrons. The summed E-state index contributed by atoms with van der Waals surface area (Å²) in [7, 11) is 1.79. The molecule has 0 aliphatic carbocycles. The fourth-order valence-corrected chi connectivity index (χ4v) is 2.74. The third kappa shape index (κ3) is 2.48. The summed E-state index contributed by atoms with van der Waals surface area (Å²) in [5.74, 6) is 0.646. The van der Waals surface area contributed by atoms with Crippen LogP contribution in [0.3, 0.4) is 0 Å². The van der Waals surface area contributed by atoms with Gasteiger partial charge in [-0.3, -0.25) is 0 Å². The summed E-state index contributed by atoms with van der Waals surface area (Å²) in [5.41, 5.74) is 0.902. The molecule has 7 heteroatoms. The number of benzene rings is 1. The summed E-state index contributed by atoms with van der Waals surface area (Å²) in [6.07, 6.45) is 0. The van der Waals surface area contributed by atoms with Crippen molar-refractivity contribution in [3.05, 3.63) is 33.8 Å². The first-order chi connectivity index (χ1) is 7.68. The predicted molar refractivity (Wildman–Crippen MR) is 64.8 cm³/mol. The second kappa shape index (κ2) is 5.03. The van der Waals surface area contributed by atoms with E-state index in [4.69, 9.17) is 23.2 Å². The molecule has 4 nitrogen and oxygen atoms in total. The number of thioether (sulfide) groups is 1. The molecule has 0 amide bonds. The van der Waals surface area contributed by atoms with E-state index in [1.165, 1.54) is 11.8 Å². The Morgan fingerprint density at radius 3 is 2.56 bits per heavy atom. The van der Waals surface area contributed by atoms with E-state index in [9.17, 15) is 0 Å². The highest BCUT2D eigenvalue weighted by atomic mass is 35.5. The zero-order chi connectivity index (χ0) is 11.5. The van der Waals surface area contributed by atoms with E-state index in [1.54, 1.807) is 11.7 Å². The average Bonchev–Trinajstić information content (AvgIpc) is 2.64. The Morgan fingerprint density at radius 1 is 1.31 bits per heavy atom. The number of halogens is 2. The number of hydrogen-bond donors (Lipinski definition) is 0. The zero-order valence-corrected chi connectivity index (χ0v) is 10.7. The van der Waals surface area contributed by atoms with E-state index in [0.29, 0.717) is 15.8 Å². The van der Waals surface area contributed by atoms with Crippen molar-refractivity contribution in [1.29, 1.82) is 0 Å². The minimum atomic E-state index is 0.646. The van der Waals surface area contributed by atoms with E-state index in [0.717, 1.165) is 10.7 Å². The molecule has 2 rings (SSSR count). The number of nitrogens with zero attached hydrogens (tertiary/aromatic N) is 4. The van der Waals surface area contributed by atoms with Gasteiger partial charge in [-0.05, 0) is 28.1 Å². The topological polar surface area (TPSA) is 43.6 Å². The minimum absolute atomic E-state index is 0.646. The van der Waals surface area contributed by atoms with Crippen LogP contribution < -0.4 is 0 Å². The lowest BCUT2D eigenvalue weighted by molar-refractivity contribution is 0.664. The van der Waals surface area contributed by atoms with Gasteiger partial charge < -0.3 is 0 Å². The predicted octanol–water partition coefficient (Wildman–Crippen LogP) is 2.81. The standard InChI is InChI=1S/C9H8Cl2N4S/c1-15-9(12-13-14-15)16-5-6-7(10)3-2-4-8(6)11/h2-4H,5H2,1H3. The molecule has 1 aromatic carbocycles. The smallest absolute Gasteiger partial charge is 0.209 e. The molecule has 0 fully saturated rings. The second-order valence-corrected chi connectivity index (χ2v) is 4.83. The SMILES string of the molecule is Cn1nnnc1SCc1c(Cl)cccc1Cl. The molecule has 2 aromatic rings. The zero-order valence-electron chi connectivity index (χ0n) is 8.39. The Morgan fingerprint density at radius 2 is 2.00 bits per heavy atom. The number of aryl methyl sites for hydroxylation is 1. The summed E-state index contributed by atoms with van der Waals surface area (Å²) in [5, 5.41) is 13.2. The van der Waals surface area contributed by atoms with Crippen molar-refractivity contribution in [2.75, 3.05) is 0 Å². The van der Waals surface area contributed by atoms with Crippen molar-refractivity contribution in [2.45, 2.75) is 10.9 Å². The quantitative estimate of drug-likeness (QED) is 0.808. The van der Waals surface area contributed by atoms with Crippen molar-refractivity contribution < 1.29 is 0 Å². The largest absolute Gasteiger partial charge is 0.224 e. The summed E-state index contributed by atoms with van der Waals surface area (Å²) in [6.45, 7) is 0. The molecule has 0 saturated carbocycles. The van der Waals surface area contributed by atoms with Crippen LogP contribution in [0.4, 0.5) is 0 Å². The maximum Gasteiger partial charge on any atom is 0.209 e. The van der Waals surface area contributed by atoms with E-state index in [1.807, 2.05) is 18.2 Å². The van der Waals surface area contributed by atoms with Crippen LogP contribution in [0, 0.1) is 0 Å². The van der Waals surface area contributed by atoms with Crippen molar-refractivity contribution in [3.63, 3.8) is 0 Å². The summed E-state index contributed by atoms with van der Waals surface area (Å²) >= 11 is 13.6. The third-order valence-corrected chi connectivity index (χ3v) is 3.73. The van der Waals surface area contributed by atoms with Gasteiger partial charge in [0.2, 0.25) is 5.16 Å². The van der Waals surface area contributed by atoms with Crippen LogP contribution in [0.1, 0.15) is 5.56 Å². The van der Waals surface area contributed by atoms with Gasteiger partial charge >= 0.3 is 0 Å². The van der Waals surface area contributed by atoms with Crippen molar-refractivity contribution >= 4 is 35.0 Å². The molecule has 0 bridgehead atoms. The van der Waals surface area contributed by atoms with Crippen LogP contribution in [0.5, 0.6) is 0 Å². The number of aromatic nitrogens is 4. The van der Waals surface area contributed by atoms with Gasteiger partial charge in [0, 0.05) is 22.8 Å². The molecule has 0 atom stereocenters. The summed E-state index contributed by atoms with van der Waals surface area (Å²) in [4.78, 5) is 0. The van der Waals surface area contributed by atoms with Gasteiger partial charge in [-0.1, -0.05) is 41.0 Å². The van der Waals surface area contributed by atoms with Crippen molar-refractivity contribution in [1.82, 2.24) is 20.2 Å². The van der Waals surface area contributed by atoms with Gasteiger partial charge in [-0.2, -0.15) is 0 Å². The molecular weight excluding hydrogens is 267 g/mol. The van der Waals surface area contributed by atoms with Crippen molar-refractivity contribution in [3.8, 4) is 0 Å². The number of rotatable bonds is 3. The van der Waals surface area contributed by atoms with Gasteiger partial charge in [0.15, 0.2) is 0 Å². The molecule has 0 N–H and O–H groups in total. The summed E-state index contributed by atoms with van der Waals surface area (Å²) in [6, 6.07) is 5.46. The number of hydrogen-bond acceptors (Lipinski definition) is 4. The molecule has 0 radical (unpaired) electrons. The van der Waals surface area contributed by atoms with E-state index >= 15 is 0 Å². The molecule has 16 heavy (non-hydrogen) atoms. The molecule has 0 unspecified atom stereocenters. The lowest BCUT2D eigenvalue weighted by Crippen LogP contribution is -1.94. The highest BCUT2D eigenvalue weighted by Gasteiger charge is 2.08. The van der Waals surface area contributed by atoms with Gasteiger partial charge in [-0.15, -0.1) is 5.10 Å². The summed E-state index contributed by atoms with van der Waals surface area (Å²) < 4.78 is 1.61. The van der Waals surface area contributed by atoms with Crippen LogP contribution in [-0.4, -0.2) is 20.2 Å². The molecule has 0 aliphatic rings. The molecule has 0 saturated heterocycles. The molecule has 0 aliphatic heterocycles. The minimum Gasteiger partial charge on any atom is -0.224 e. The molecule has 1 heterocycles. The van der Waals surface area contributed by atoms with E-state index in [2.05, 4.69) is 15.5 Å². The average molecular weight is 275 g/mol. The van der Waals surface area contributed by atoms with Gasteiger partial charge in [0.25, 0.3) is 0 Å². The molecule has 1 aromatic heterocycles. The van der Waals surface area contributed by atoms with Gasteiger partial charge in [-0.25, -0.2) is 4.68 Å². The monoisotopic (exact) mass is 274 g/mol.